The predicted molar refractivity (Wildman–Crippen MR) is 125 cm³/mol. The zero-order valence-corrected chi connectivity index (χ0v) is 19.6. The van der Waals surface area contributed by atoms with E-state index < -0.39 is 0 Å². The SMILES string of the molecule is CCOc1cc(NC(=NC)NCCc2cc(F)cc3c2OCOC3)ccc1OC.I. The highest BCUT2D eigenvalue weighted by Crippen LogP contribution is 2.31. The Morgan fingerprint density at radius 2 is 2.07 bits per heavy atom. The maximum atomic E-state index is 13.9. The van der Waals surface area contributed by atoms with Crippen molar-refractivity contribution in [2.24, 2.45) is 4.99 Å². The first-order valence-corrected chi connectivity index (χ1v) is 9.45. The van der Waals surface area contributed by atoms with Gasteiger partial charge in [0.05, 0.1) is 20.3 Å². The smallest absolute Gasteiger partial charge is 0.195 e. The molecular weight excluding hydrogens is 504 g/mol. The first-order valence-electron chi connectivity index (χ1n) is 9.45. The van der Waals surface area contributed by atoms with Crippen molar-refractivity contribution in [1.82, 2.24) is 5.32 Å². The van der Waals surface area contributed by atoms with Gasteiger partial charge < -0.3 is 29.6 Å². The number of benzene rings is 2. The molecule has 7 nitrogen and oxygen atoms in total. The quantitative estimate of drug-likeness (QED) is 0.321. The Balaban J connectivity index is 0.00000320. The monoisotopic (exact) mass is 531 g/mol. The lowest BCUT2D eigenvalue weighted by Gasteiger charge is -2.21. The first-order chi connectivity index (χ1) is 14.1. The van der Waals surface area contributed by atoms with E-state index >= 15 is 0 Å². The molecule has 0 bridgehead atoms. The number of ether oxygens (including phenoxy) is 4. The van der Waals surface area contributed by atoms with Crippen molar-refractivity contribution in [2.45, 2.75) is 20.0 Å². The Morgan fingerprint density at radius 1 is 1.23 bits per heavy atom. The summed E-state index contributed by atoms with van der Waals surface area (Å²) in [5.74, 6) is 2.32. The Kier molecular flexibility index (Phi) is 9.44. The summed E-state index contributed by atoms with van der Waals surface area (Å²) in [6.45, 7) is 3.55. The Bertz CT molecular complexity index is 880. The van der Waals surface area contributed by atoms with E-state index in [4.69, 9.17) is 18.9 Å². The molecule has 0 aromatic heterocycles. The van der Waals surface area contributed by atoms with E-state index in [0.29, 0.717) is 49.4 Å². The highest BCUT2D eigenvalue weighted by Gasteiger charge is 2.17. The number of halogens is 2. The van der Waals surface area contributed by atoms with Crippen LogP contribution in [0.2, 0.25) is 0 Å². The zero-order chi connectivity index (χ0) is 20.6. The number of aliphatic imine (C=N–C) groups is 1. The minimum atomic E-state index is -0.294. The number of hydrogen-bond acceptors (Lipinski definition) is 5. The van der Waals surface area contributed by atoms with Crippen LogP contribution in [0.1, 0.15) is 18.1 Å². The van der Waals surface area contributed by atoms with Gasteiger partial charge in [0.15, 0.2) is 24.3 Å². The number of nitrogens with one attached hydrogen (secondary N) is 2. The van der Waals surface area contributed by atoms with E-state index in [1.165, 1.54) is 12.1 Å². The second-order valence-electron chi connectivity index (χ2n) is 6.34. The summed E-state index contributed by atoms with van der Waals surface area (Å²) in [6.07, 6.45) is 0.577. The van der Waals surface area contributed by atoms with Gasteiger partial charge in [0.25, 0.3) is 0 Å². The average Bonchev–Trinajstić information content (AvgIpc) is 2.73. The summed E-state index contributed by atoms with van der Waals surface area (Å²) in [5, 5.41) is 6.45. The van der Waals surface area contributed by atoms with Crippen molar-refractivity contribution in [3.8, 4) is 17.2 Å². The van der Waals surface area contributed by atoms with Crippen LogP contribution < -0.4 is 24.8 Å². The summed E-state index contributed by atoms with van der Waals surface area (Å²) in [4.78, 5) is 4.23. The molecule has 3 rings (SSSR count). The second-order valence-corrected chi connectivity index (χ2v) is 6.34. The topological polar surface area (TPSA) is 73.3 Å². The fraction of sp³-hybridized carbons (Fsp3) is 0.381. The molecule has 0 saturated carbocycles. The van der Waals surface area contributed by atoms with E-state index in [0.717, 1.165) is 16.8 Å². The van der Waals surface area contributed by atoms with E-state index in [-0.39, 0.29) is 36.6 Å². The van der Waals surface area contributed by atoms with Crippen molar-refractivity contribution in [3.63, 3.8) is 0 Å². The average molecular weight is 531 g/mol. The van der Waals surface area contributed by atoms with Crippen molar-refractivity contribution < 1.29 is 23.3 Å². The van der Waals surface area contributed by atoms with Gasteiger partial charge in [0.1, 0.15) is 11.6 Å². The Hall–Kier alpha value is -2.27. The van der Waals surface area contributed by atoms with Gasteiger partial charge in [-0.25, -0.2) is 4.39 Å². The van der Waals surface area contributed by atoms with Crippen molar-refractivity contribution in [2.75, 3.05) is 39.4 Å². The molecule has 164 valence electrons. The second kappa shape index (κ2) is 11.8. The maximum absolute atomic E-state index is 13.9. The lowest BCUT2D eigenvalue weighted by atomic mass is 10.1. The van der Waals surface area contributed by atoms with Crippen LogP contribution >= 0.6 is 24.0 Å². The molecule has 2 aromatic carbocycles. The van der Waals surface area contributed by atoms with Crippen LogP contribution in [-0.4, -0.2) is 40.1 Å². The molecule has 9 heteroatoms. The third kappa shape index (κ3) is 6.11. The van der Waals surface area contributed by atoms with Crippen molar-refractivity contribution in [1.29, 1.82) is 0 Å². The van der Waals surface area contributed by atoms with Crippen LogP contribution in [0.15, 0.2) is 35.3 Å². The fourth-order valence-corrected chi connectivity index (χ4v) is 3.10. The molecule has 30 heavy (non-hydrogen) atoms. The molecular formula is C21H27FIN3O4. The van der Waals surface area contributed by atoms with Crippen LogP contribution in [0, 0.1) is 5.82 Å². The molecule has 0 aliphatic carbocycles. The lowest BCUT2D eigenvalue weighted by Crippen LogP contribution is -2.32. The van der Waals surface area contributed by atoms with Crippen LogP contribution in [0.4, 0.5) is 10.1 Å². The lowest BCUT2D eigenvalue weighted by molar-refractivity contribution is -0.0172. The minimum Gasteiger partial charge on any atom is -0.493 e. The Morgan fingerprint density at radius 3 is 2.80 bits per heavy atom. The summed E-state index contributed by atoms with van der Waals surface area (Å²) < 4.78 is 35.6. The van der Waals surface area contributed by atoms with Gasteiger partial charge in [-0.2, -0.15) is 0 Å². The van der Waals surface area contributed by atoms with Crippen LogP contribution in [0.5, 0.6) is 17.2 Å². The van der Waals surface area contributed by atoms with E-state index in [1.54, 1.807) is 14.2 Å². The summed E-state index contributed by atoms with van der Waals surface area (Å²) in [7, 11) is 3.29. The number of nitrogens with zero attached hydrogens (tertiary/aromatic N) is 1. The van der Waals surface area contributed by atoms with Crippen LogP contribution in [0.3, 0.4) is 0 Å². The summed E-state index contributed by atoms with van der Waals surface area (Å²) >= 11 is 0. The number of methoxy groups -OCH3 is 1. The molecule has 0 atom stereocenters. The normalized spacial score (nSPS) is 12.9. The van der Waals surface area contributed by atoms with Gasteiger partial charge in [0, 0.05) is 30.9 Å². The van der Waals surface area contributed by atoms with E-state index in [9.17, 15) is 4.39 Å². The predicted octanol–water partition coefficient (Wildman–Crippen LogP) is 3.95. The van der Waals surface area contributed by atoms with Gasteiger partial charge in [-0.1, -0.05) is 0 Å². The molecule has 0 unspecified atom stereocenters. The molecule has 1 aliphatic rings. The van der Waals surface area contributed by atoms with Gasteiger partial charge in [0.2, 0.25) is 0 Å². The van der Waals surface area contributed by atoms with Crippen molar-refractivity contribution >= 4 is 35.6 Å². The number of fused-ring (bicyclic) bond motifs is 1. The molecule has 0 saturated heterocycles. The largest absolute Gasteiger partial charge is 0.493 e. The van der Waals surface area contributed by atoms with Crippen LogP contribution in [0.25, 0.3) is 0 Å². The zero-order valence-electron chi connectivity index (χ0n) is 17.3. The van der Waals surface area contributed by atoms with Gasteiger partial charge in [-0.15, -0.1) is 24.0 Å². The number of anilines is 1. The van der Waals surface area contributed by atoms with Gasteiger partial charge in [-0.3, -0.25) is 4.99 Å². The number of guanidine groups is 1. The molecule has 0 radical (unpaired) electrons. The standard InChI is InChI=1S/C21H26FN3O4.HI/c1-4-28-19-11-17(5-6-18(19)26-3)25-21(23-2)24-8-7-14-9-16(22)10-15-12-27-13-29-20(14)15;/h5-6,9-11H,4,7-8,12-13H2,1-3H3,(H2,23,24,25);1H. The molecule has 2 N–H and O–H groups in total. The number of hydrogen-bond donors (Lipinski definition) is 2. The summed E-state index contributed by atoms with van der Waals surface area (Å²) in [5.41, 5.74) is 2.34. The highest BCUT2D eigenvalue weighted by atomic mass is 127. The Labute approximate surface area is 193 Å². The third-order valence-corrected chi connectivity index (χ3v) is 4.39. The first kappa shape index (κ1) is 24.0. The molecule has 2 aromatic rings. The van der Waals surface area contributed by atoms with E-state index in [2.05, 4.69) is 15.6 Å². The highest BCUT2D eigenvalue weighted by molar-refractivity contribution is 14.0. The van der Waals surface area contributed by atoms with Gasteiger partial charge >= 0.3 is 0 Å². The fourth-order valence-electron chi connectivity index (χ4n) is 3.10. The van der Waals surface area contributed by atoms with Gasteiger partial charge in [-0.05, 0) is 43.2 Å². The molecule has 0 spiro atoms. The summed E-state index contributed by atoms with van der Waals surface area (Å²) in [6, 6.07) is 8.52. The molecule has 0 fully saturated rings. The molecule has 0 amide bonds. The third-order valence-electron chi connectivity index (χ3n) is 4.39. The minimum absolute atomic E-state index is 0. The van der Waals surface area contributed by atoms with Crippen LogP contribution in [-0.2, 0) is 17.8 Å². The maximum Gasteiger partial charge on any atom is 0.195 e. The van der Waals surface area contributed by atoms with E-state index in [1.807, 2.05) is 25.1 Å². The number of rotatable bonds is 7. The van der Waals surface area contributed by atoms with Crippen molar-refractivity contribution in [3.05, 3.63) is 47.3 Å². The molecule has 1 aliphatic heterocycles. The molecule has 1 heterocycles.